The van der Waals surface area contributed by atoms with Crippen molar-refractivity contribution < 1.29 is 4.79 Å². The fourth-order valence-electron chi connectivity index (χ4n) is 1.04. The molecular weight excluding hydrogens is 291 g/mol. The van der Waals surface area contributed by atoms with Gasteiger partial charge in [0.25, 0.3) is 0 Å². The van der Waals surface area contributed by atoms with Gasteiger partial charge in [-0.15, -0.1) is 24.8 Å². The van der Waals surface area contributed by atoms with Gasteiger partial charge in [-0.2, -0.15) is 10.1 Å². The molecule has 0 aliphatic carbocycles. The van der Waals surface area contributed by atoms with Crippen molar-refractivity contribution in [1.29, 1.82) is 10.8 Å². The molecule has 0 bridgehead atoms. The zero-order valence-corrected chi connectivity index (χ0v) is 11.4. The van der Waals surface area contributed by atoms with Crippen LogP contribution in [0.3, 0.4) is 0 Å². The monoisotopic (exact) mass is 304 g/mol. The van der Waals surface area contributed by atoms with Gasteiger partial charge in [-0.05, 0) is 5.56 Å². The Morgan fingerprint density at radius 1 is 1.05 bits per heavy atom. The summed E-state index contributed by atoms with van der Waals surface area (Å²) in [5, 5.41) is 18.8. The number of benzene rings is 1. The predicted octanol–water partition coefficient (Wildman–Crippen LogP) is 0.766. The van der Waals surface area contributed by atoms with E-state index < -0.39 is 11.9 Å². The highest BCUT2D eigenvalue weighted by Crippen LogP contribution is 2.00. The number of nitrogens with zero attached hydrogens (tertiary/aromatic N) is 2. The molecule has 0 amide bonds. The number of guanidine groups is 2. The van der Waals surface area contributed by atoms with Gasteiger partial charge in [0.1, 0.15) is 6.29 Å². The van der Waals surface area contributed by atoms with E-state index in [4.69, 9.17) is 22.3 Å². The number of aldehydes is 1. The number of carbonyl (C=O) groups excluding carboxylic acids is 1. The molecule has 0 saturated heterocycles. The molecule has 0 spiro atoms. The van der Waals surface area contributed by atoms with Gasteiger partial charge < -0.3 is 11.5 Å². The van der Waals surface area contributed by atoms with E-state index in [1.165, 1.54) is 6.21 Å². The van der Waals surface area contributed by atoms with Crippen LogP contribution in [-0.2, 0) is 0 Å². The first kappa shape index (κ1) is 19.2. The highest BCUT2D eigenvalue weighted by atomic mass is 35.5. The quantitative estimate of drug-likeness (QED) is 0.284. The van der Waals surface area contributed by atoms with E-state index in [1.807, 2.05) is 0 Å². The van der Waals surface area contributed by atoms with E-state index in [0.29, 0.717) is 11.1 Å². The molecule has 1 aromatic rings. The number of hydrogen-bond acceptors (Lipinski definition) is 4. The van der Waals surface area contributed by atoms with E-state index in [1.54, 1.807) is 24.3 Å². The number of nitrogens with two attached hydrogens (primary N) is 2. The van der Waals surface area contributed by atoms with Crippen molar-refractivity contribution >= 4 is 49.2 Å². The maximum atomic E-state index is 10.4. The fourth-order valence-corrected chi connectivity index (χ4v) is 1.04. The molecule has 0 aromatic heterocycles. The SMILES string of the molecule is Cl.Cl.N=C(N)N(N=Cc1ccc(C=O)cc1)C(=N)N. The molecular formula is C10H14Cl2N6O. The fraction of sp³-hybridized carbons (Fsp3) is 0. The molecule has 104 valence electrons. The zero-order valence-electron chi connectivity index (χ0n) is 9.74. The molecule has 0 aliphatic rings. The smallest absolute Gasteiger partial charge is 0.216 e. The number of carbonyl (C=O) groups is 1. The Kier molecular flexibility index (Phi) is 9.00. The summed E-state index contributed by atoms with van der Waals surface area (Å²) in [6, 6.07) is 6.60. The molecule has 0 heterocycles. The van der Waals surface area contributed by atoms with Gasteiger partial charge in [-0.1, -0.05) is 24.3 Å². The van der Waals surface area contributed by atoms with Crippen LogP contribution in [0.4, 0.5) is 0 Å². The predicted molar refractivity (Wildman–Crippen MR) is 79.6 cm³/mol. The average molecular weight is 305 g/mol. The van der Waals surface area contributed by atoms with Crippen molar-refractivity contribution in [2.75, 3.05) is 0 Å². The lowest BCUT2D eigenvalue weighted by Gasteiger charge is -2.12. The summed E-state index contributed by atoms with van der Waals surface area (Å²) in [4.78, 5) is 10.4. The standard InChI is InChI=1S/C10H12N6O.2ClH/c11-9(12)16(10(13)14)15-5-7-1-3-8(6-17)4-2-7;;/h1-6H,(H3,11,12)(H3,13,14);2*1H. The first-order valence-corrected chi connectivity index (χ1v) is 4.62. The van der Waals surface area contributed by atoms with Crippen LogP contribution in [0, 0.1) is 10.8 Å². The Hall–Kier alpha value is -2.12. The van der Waals surface area contributed by atoms with E-state index in [9.17, 15) is 4.79 Å². The third kappa shape index (κ3) is 5.84. The summed E-state index contributed by atoms with van der Waals surface area (Å²) in [7, 11) is 0. The third-order valence-corrected chi connectivity index (χ3v) is 1.85. The zero-order chi connectivity index (χ0) is 12.8. The van der Waals surface area contributed by atoms with E-state index in [2.05, 4.69) is 5.10 Å². The summed E-state index contributed by atoms with van der Waals surface area (Å²) >= 11 is 0. The van der Waals surface area contributed by atoms with Crippen LogP contribution in [0.5, 0.6) is 0 Å². The number of hydrazone groups is 1. The summed E-state index contributed by atoms with van der Waals surface area (Å²) in [6.45, 7) is 0. The second kappa shape index (κ2) is 8.90. The number of hydrogen-bond donors (Lipinski definition) is 4. The van der Waals surface area contributed by atoms with Crippen molar-refractivity contribution in [3.8, 4) is 0 Å². The van der Waals surface area contributed by atoms with Gasteiger partial charge in [0, 0.05) is 5.56 Å². The number of halogens is 2. The van der Waals surface area contributed by atoms with Crippen molar-refractivity contribution in [1.82, 2.24) is 5.01 Å². The minimum absolute atomic E-state index is 0. The third-order valence-electron chi connectivity index (χ3n) is 1.85. The van der Waals surface area contributed by atoms with Crippen molar-refractivity contribution in [2.24, 2.45) is 16.6 Å². The molecule has 0 aliphatic heterocycles. The maximum absolute atomic E-state index is 10.4. The average Bonchev–Trinajstić information content (AvgIpc) is 2.29. The molecule has 1 aromatic carbocycles. The van der Waals surface area contributed by atoms with E-state index >= 15 is 0 Å². The normalized spacial score (nSPS) is 9.05. The molecule has 19 heavy (non-hydrogen) atoms. The Morgan fingerprint density at radius 2 is 1.47 bits per heavy atom. The molecule has 0 fully saturated rings. The minimum atomic E-state index is -0.446. The Balaban J connectivity index is 0. The topological polar surface area (TPSA) is 132 Å². The molecule has 6 N–H and O–H groups in total. The van der Waals surface area contributed by atoms with Crippen LogP contribution in [0.1, 0.15) is 15.9 Å². The summed E-state index contributed by atoms with van der Waals surface area (Å²) in [5.41, 5.74) is 11.6. The largest absolute Gasteiger partial charge is 0.368 e. The van der Waals surface area contributed by atoms with E-state index in [0.717, 1.165) is 11.3 Å². The second-order valence-corrected chi connectivity index (χ2v) is 3.11. The summed E-state index contributed by atoms with van der Waals surface area (Å²) < 4.78 is 0. The van der Waals surface area contributed by atoms with Gasteiger partial charge in [0.2, 0.25) is 11.9 Å². The van der Waals surface area contributed by atoms with Crippen LogP contribution in [0.2, 0.25) is 0 Å². The van der Waals surface area contributed by atoms with Crippen LogP contribution >= 0.6 is 24.8 Å². The summed E-state index contributed by atoms with van der Waals surface area (Å²) in [6.07, 6.45) is 2.12. The molecule has 0 saturated carbocycles. The first-order valence-electron chi connectivity index (χ1n) is 4.62. The Morgan fingerprint density at radius 3 is 1.84 bits per heavy atom. The van der Waals surface area contributed by atoms with Crippen molar-refractivity contribution in [3.63, 3.8) is 0 Å². The lowest BCUT2D eigenvalue weighted by Crippen LogP contribution is -2.41. The molecule has 7 nitrogen and oxygen atoms in total. The van der Waals surface area contributed by atoms with Crippen LogP contribution < -0.4 is 11.5 Å². The molecule has 0 unspecified atom stereocenters. The van der Waals surface area contributed by atoms with Gasteiger partial charge in [0.15, 0.2) is 0 Å². The van der Waals surface area contributed by atoms with Gasteiger partial charge >= 0.3 is 0 Å². The minimum Gasteiger partial charge on any atom is -0.368 e. The first-order chi connectivity index (χ1) is 8.04. The number of nitrogens with one attached hydrogen (secondary N) is 2. The Labute approximate surface area is 122 Å². The maximum Gasteiger partial charge on any atom is 0.216 e. The van der Waals surface area contributed by atoms with Gasteiger partial charge in [0.05, 0.1) is 6.21 Å². The number of rotatable bonds is 3. The van der Waals surface area contributed by atoms with Crippen molar-refractivity contribution in [3.05, 3.63) is 35.4 Å². The highest BCUT2D eigenvalue weighted by Gasteiger charge is 2.06. The lowest BCUT2D eigenvalue weighted by molar-refractivity contribution is 0.112. The molecule has 1 rings (SSSR count). The van der Waals surface area contributed by atoms with Crippen LogP contribution in [-0.4, -0.2) is 29.4 Å². The highest BCUT2D eigenvalue weighted by molar-refractivity contribution is 5.95. The van der Waals surface area contributed by atoms with Gasteiger partial charge in [-0.3, -0.25) is 15.6 Å². The molecule has 9 heteroatoms. The van der Waals surface area contributed by atoms with Gasteiger partial charge in [-0.25, -0.2) is 0 Å². The lowest BCUT2D eigenvalue weighted by atomic mass is 10.2. The van der Waals surface area contributed by atoms with Crippen molar-refractivity contribution in [2.45, 2.75) is 0 Å². The molecule has 0 radical (unpaired) electrons. The van der Waals surface area contributed by atoms with Crippen LogP contribution in [0.15, 0.2) is 29.4 Å². The summed E-state index contributed by atoms with van der Waals surface area (Å²) in [5.74, 6) is -0.892. The van der Waals surface area contributed by atoms with E-state index in [-0.39, 0.29) is 24.8 Å². The molecule has 0 atom stereocenters. The second-order valence-electron chi connectivity index (χ2n) is 3.11. The Bertz CT molecular complexity index is 459. The van der Waals surface area contributed by atoms with Crippen LogP contribution in [0.25, 0.3) is 0 Å².